The highest BCUT2D eigenvalue weighted by atomic mass is 127. The fourth-order valence-corrected chi connectivity index (χ4v) is 2.41. The molecule has 0 spiro atoms. The Hall–Kier alpha value is -0.530. The molecule has 5 nitrogen and oxygen atoms in total. The van der Waals surface area contributed by atoms with Crippen molar-refractivity contribution in [1.29, 1.82) is 0 Å². The third-order valence-corrected chi connectivity index (χ3v) is 3.61. The van der Waals surface area contributed by atoms with Crippen LogP contribution in [0.25, 0.3) is 0 Å². The van der Waals surface area contributed by atoms with E-state index >= 15 is 0 Å². The van der Waals surface area contributed by atoms with Crippen molar-refractivity contribution in [2.75, 3.05) is 13.1 Å². The molecule has 0 aromatic carbocycles. The molecule has 0 unspecified atom stereocenters. The van der Waals surface area contributed by atoms with Crippen LogP contribution in [-0.2, 0) is 4.79 Å². The van der Waals surface area contributed by atoms with Gasteiger partial charge < -0.3 is 16.0 Å². The second kappa shape index (κ2) is 9.41. The first-order chi connectivity index (χ1) is 9.28. The lowest BCUT2D eigenvalue weighted by atomic mass is 9.95. The lowest BCUT2D eigenvalue weighted by molar-refractivity contribution is -0.120. The third-order valence-electron chi connectivity index (χ3n) is 3.61. The van der Waals surface area contributed by atoms with Gasteiger partial charge >= 0.3 is 0 Å². The van der Waals surface area contributed by atoms with E-state index in [1.807, 2.05) is 6.92 Å². The van der Waals surface area contributed by atoms with E-state index in [0.717, 1.165) is 25.3 Å². The van der Waals surface area contributed by atoms with Crippen LogP contribution >= 0.6 is 24.0 Å². The molecule has 2 fully saturated rings. The average molecular weight is 394 g/mol. The van der Waals surface area contributed by atoms with Gasteiger partial charge in [0.05, 0.1) is 0 Å². The van der Waals surface area contributed by atoms with Crippen LogP contribution in [0, 0.1) is 0 Å². The van der Waals surface area contributed by atoms with Gasteiger partial charge in [-0.1, -0.05) is 19.3 Å². The first kappa shape index (κ1) is 17.5. The van der Waals surface area contributed by atoms with E-state index in [1.54, 1.807) is 0 Å². The van der Waals surface area contributed by atoms with Crippen LogP contribution in [0.1, 0.15) is 51.9 Å². The summed E-state index contributed by atoms with van der Waals surface area (Å²) >= 11 is 0. The lowest BCUT2D eigenvalue weighted by Crippen LogP contribution is -2.41. The summed E-state index contributed by atoms with van der Waals surface area (Å²) in [5.41, 5.74) is 0. The zero-order valence-corrected chi connectivity index (χ0v) is 14.6. The SMILES string of the molecule is CCNC(=NCC(=O)NC1CCCCC1)NC1CC1.I. The molecular weight excluding hydrogens is 367 g/mol. The molecule has 0 radical (unpaired) electrons. The van der Waals surface area contributed by atoms with Gasteiger partial charge in [0.1, 0.15) is 6.54 Å². The van der Waals surface area contributed by atoms with E-state index in [2.05, 4.69) is 20.9 Å². The van der Waals surface area contributed by atoms with Crippen LogP contribution in [0.5, 0.6) is 0 Å². The minimum atomic E-state index is 0. The molecule has 2 aliphatic rings. The summed E-state index contributed by atoms with van der Waals surface area (Å²) in [6.45, 7) is 3.08. The first-order valence-electron chi connectivity index (χ1n) is 7.62. The van der Waals surface area contributed by atoms with Crippen LogP contribution in [0.3, 0.4) is 0 Å². The van der Waals surface area contributed by atoms with E-state index in [9.17, 15) is 4.79 Å². The number of carbonyl (C=O) groups is 1. The highest BCUT2D eigenvalue weighted by Crippen LogP contribution is 2.18. The van der Waals surface area contributed by atoms with Gasteiger partial charge in [0.25, 0.3) is 0 Å². The number of carbonyl (C=O) groups excluding carboxylic acids is 1. The topological polar surface area (TPSA) is 65.5 Å². The van der Waals surface area contributed by atoms with Crippen molar-refractivity contribution in [3.63, 3.8) is 0 Å². The van der Waals surface area contributed by atoms with Gasteiger partial charge in [0.2, 0.25) is 5.91 Å². The van der Waals surface area contributed by atoms with Gasteiger partial charge in [-0.05, 0) is 32.6 Å². The Bertz CT molecular complexity index is 325. The summed E-state index contributed by atoms with van der Waals surface area (Å²) in [4.78, 5) is 16.2. The molecule has 0 saturated heterocycles. The number of amides is 1. The van der Waals surface area contributed by atoms with Crippen LogP contribution in [0.4, 0.5) is 0 Å². The number of nitrogens with one attached hydrogen (secondary N) is 3. The summed E-state index contributed by atoms with van der Waals surface area (Å²) in [5, 5.41) is 9.57. The smallest absolute Gasteiger partial charge is 0.242 e. The highest BCUT2D eigenvalue weighted by Gasteiger charge is 2.22. The molecule has 3 N–H and O–H groups in total. The molecule has 0 bridgehead atoms. The second-order valence-electron chi connectivity index (χ2n) is 5.52. The van der Waals surface area contributed by atoms with Gasteiger partial charge in [-0.15, -0.1) is 24.0 Å². The Kier molecular flexibility index (Phi) is 8.25. The number of halogens is 1. The fraction of sp³-hybridized carbons (Fsp3) is 0.857. The van der Waals surface area contributed by atoms with Crippen molar-refractivity contribution in [3.05, 3.63) is 0 Å². The Labute approximate surface area is 138 Å². The molecule has 0 heterocycles. The normalized spacial score (nSPS) is 19.9. The Morgan fingerprint density at radius 3 is 2.30 bits per heavy atom. The molecule has 6 heteroatoms. The number of aliphatic imine (C=N–C) groups is 1. The van der Waals surface area contributed by atoms with Crippen molar-refractivity contribution < 1.29 is 4.79 Å². The number of hydrogen-bond donors (Lipinski definition) is 3. The van der Waals surface area contributed by atoms with Crippen molar-refractivity contribution in [3.8, 4) is 0 Å². The molecule has 116 valence electrons. The van der Waals surface area contributed by atoms with E-state index in [0.29, 0.717) is 12.1 Å². The largest absolute Gasteiger partial charge is 0.357 e. The van der Waals surface area contributed by atoms with E-state index in [4.69, 9.17) is 0 Å². The number of hydrogen-bond acceptors (Lipinski definition) is 2. The predicted molar refractivity (Wildman–Crippen MR) is 92.6 cm³/mol. The molecule has 0 atom stereocenters. The zero-order valence-electron chi connectivity index (χ0n) is 12.3. The summed E-state index contributed by atoms with van der Waals surface area (Å²) in [6.07, 6.45) is 8.43. The van der Waals surface area contributed by atoms with Gasteiger partial charge in [-0.2, -0.15) is 0 Å². The van der Waals surface area contributed by atoms with Gasteiger partial charge in [-0.25, -0.2) is 4.99 Å². The highest BCUT2D eigenvalue weighted by molar-refractivity contribution is 14.0. The summed E-state index contributed by atoms with van der Waals surface area (Å²) in [6, 6.07) is 0.926. The van der Waals surface area contributed by atoms with Gasteiger partial charge in [0, 0.05) is 18.6 Å². The monoisotopic (exact) mass is 394 g/mol. The maximum atomic E-state index is 11.8. The Balaban J connectivity index is 0.00000200. The van der Waals surface area contributed by atoms with Crippen LogP contribution < -0.4 is 16.0 Å². The number of rotatable bonds is 5. The molecule has 2 rings (SSSR count). The summed E-state index contributed by atoms with van der Waals surface area (Å²) < 4.78 is 0. The third kappa shape index (κ3) is 6.76. The van der Waals surface area contributed by atoms with E-state index in [-0.39, 0.29) is 36.4 Å². The van der Waals surface area contributed by atoms with Crippen molar-refractivity contribution in [2.45, 2.75) is 64.0 Å². The second-order valence-corrected chi connectivity index (χ2v) is 5.52. The number of guanidine groups is 1. The van der Waals surface area contributed by atoms with Crippen molar-refractivity contribution >= 4 is 35.8 Å². The molecule has 1 amide bonds. The van der Waals surface area contributed by atoms with Gasteiger partial charge in [-0.3, -0.25) is 4.79 Å². The maximum absolute atomic E-state index is 11.8. The van der Waals surface area contributed by atoms with E-state index < -0.39 is 0 Å². The van der Waals surface area contributed by atoms with E-state index in [1.165, 1.54) is 32.1 Å². The standard InChI is InChI=1S/C14H26N4O.HI/c1-2-15-14(18-12-8-9-12)16-10-13(19)17-11-6-4-3-5-7-11;/h11-12H,2-10H2,1H3,(H,17,19)(H2,15,16,18);1H. The molecule has 2 saturated carbocycles. The minimum absolute atomic E-state index is 0. The van der Waals surface area contributed by atoms with Crippen LogP contribution in [-0.4, -0.2) is 37.0 Å². The molecule has 2 aliphatic carbocycles. The Morgan fingerprint density at radius 2 is 1.70 bits per heavy atom. The Morgan fingerprint density at radius 1 is 1.05 bits per heavy atom. The molecular formula is C14H27IN4O. The van der Waals surface area contributed by atoms with Gasteiger partial charge in [0.15, 0.2) is 5.96 Å². The molecule has 0 aromatic heterocycles. The average Bonchev–Trinajstić information content (AvgIpc) is 3.21. The fourth-order valence-electron chi connectivity index (χ4n) is 2.41. The quantitative estimate of drug-likeness (QED) is 0.378. The minimum Gasteiger partial charge on any atom is -0.357 e. The van der Waals surface area contributed by atoms with Crippen LogP contribution in [0.2, 0.25) is 0 Å². The van der Waals surface area contributed by atoms with Crippen LogP contribution in [0.15, 0.2) is 4.99 Å². The molecule has 0 aliphatic heterocycles. The molecule has 20 heavy (non-hydrogen) atoms. The zero-order chi connectivity index (χ0) is 13.5. The lowest BCUT2D eigenvalue weighted by Gasteiger charge is -2.22. The summed E-state index contributed by atoms with van der Waals surface area (Å²) in [5.74, 6) is 0.809. The summed E-state index contributed by atoms with van der Waals surface area (Å²) in [7, 11) is 0. The first-order valence-corrected chi connectivity index (χ1v) is 7.62. The molecule has 0 aromatic rings. The predicted octanol–water partition coefficient (Wildman–Crippen LogP) is 1.77. The van der Waals surface area contributed by atoms with Crippen molar-refractivity contribution in [1.82, 2.24) is 16.0 Å². The van der Waals surface area contributed by atoms with Crippen molar-refractivity contribution in [2.24, 2.45) is 4.99 Å². The number of nitrogens with zero attached hydrogens (tertiary/aromatic N) is 1. The maximum Gasteiger partial charge on any atom is 0.242 e.